The van der Waals surface area contributed by atoms with Crippen molar-refractivity contribution in [3.63, 3.8) is 0 Å². The van der Waals surface area contributed by atoms with Crippen molar-refractivity contribution in [1.82, 2.24) is 4.98 Å². The molecule has 0 unspecified atom stereocenters. The lowest BCUT2D eigenvalue weighted by molar-refractivity contribution is 0.130. The number of nitrogens with zero attached hydrogens (tertiary/aromatic N) is 2. The van der Waals surface area contributed by atoms with Crippen LogP contribution in [0.25, 0.3) is 0 Å². The van der Waals surface area contributed by atoms with Gasteiger partial charge in [0.05, 0.1) is 11.9 Å². The fourth-order valence-electron chi connectivity index (χ4n) is 1.57. The predicted octanol–water partition coefficient (Wildman–Crippen LogP) is 4.07. The van der Waals surface area contributed by atoms with E-state index in [4.69, 9.17) is 4.74 Å². The van der Waals surface area contributed by atoms with Crippen LogP contribution >= 0.6 is 11.3 Å². The van der Waals surface area contributed by atoms with Gasteiger partial charge in [-0.25, -0.2) is 4.98 Å². The number of aromatic nitrogens is 1. The Morgan fingerprint density at radius 3 is 2.70 bits per heavy atom. The maximum atomic E-state index is 5.91. The summed E-state index contributed by atoms with van der Waals surface area (Å²) < 4.78 is 5.91. The number of ether oxygens (including phenoxy) is 1. The molecule has 0 radical (unpaired) electrons. The highest BCUT2D eigenvalue weighted by Gasteiger charge is 2.13. The van der Waals surface area contributed by atoms with Crippen LogP contribution in [0.5, 0.6) is 5.75 Å². The average molecular weight is 289 g/mol. The van der Waals surface area contributed by atoms with E-state index < -0.39 is 0 Å². The summed E-state index contributed by atoms with van der Waals surface area (Å²) in [6.07, 6.45) is 1.75. The molecule has 2 aromatic rings. The molecule has 1 N–H and O–H groups in total. The minimum Gasteiger partial charge on any atom is -0.487 e. The summed E-state index contributed by atoms with van der Waals surface area (Å²) in [6, 6.07) is 7.83. The van der Waals surface area contributed by atoms with E-state index in [1.807, 2.05) is 57.3 Å². The van der Waals surface area contributed by atoms with Crippen LogP contribution in [0.4, 0.5) is 5.13 Å². The van der Waals surface area contributed by atoms with Gasteiger partial charge in [-0.2, -0.15) is 5.10 Å². The molecule has 0 aliphatic carbocycles. The van der Waals surface area contributed by atoms with Crippen molar-refractivity contribution in [3.05, 3.63) is 40.9 Å². The molecule has 2 rings (SSSR count). The van der Waals surface area contributed by atoms with E-state index in [1.54, 1.807) is 6.21 Å². The number of thiazole rings is 1. The highest BCUT2D eigenvalue weighted by atomic mass is 32.1. The zero-order chi connectivity index (χ0) is 14.6. The first-order chi connectivity index (χ1) is 9.44. The third-order valence-corrected chi connectivity index (χ3v) is 3.18. The van der Waals surface area contributed by atoms with Crippen molar-refractivity contribution in [1.29, 1.82) is 0 Å². The largest absolute Gasteiger partial charge is 0.487 e. The van der Waals surface area contributed by atoms with E-state index in [9.17, 15) is 0 Å². The maximum absolute atomic E-state index is 5.91. The summed E-state index contributed by atoms with van der Waals surface area (Å²) in [5, 5.41) is 6.97. The van der Waals surface area contributed by atoms with Gasteiger partial charge in [-0.15, -0.1) is 11.3 Å². The van der Waals surface area contributed by atoms with Crippen molar-refractivity contribution in [2.24, 2.45) is 5.10 Å². The molecule has 1 heterocycles. The first kappa shape index (κ1) is 14.5. The van der Waals surface area contributed by atoms with Crippen molar-refractivity contribution in [2.45, 2.75) is 33.3 Å². The Kier molecular flexibility index (Phi) is 4.39. The summed E-state index contributed by atoms with van der Waals surface area (Å²) in [5.41, 5.74) is 4.62. The van der Waals surface area contributed by atoms with Crippen LogP contribution in [-0.2, 0) is 0 Å². The lowest BCUT2D eigenvalue weighted by Crippen LogP contribution is -2.23. The molecule has 0 saturated carbocycles. The van der Waals surface area contributed by atoms with Gasteiger partial charge in [0.2, 0.25) is 5.13 Å². The third-order valence-electron chi connectivity index (χ3n) is 2.32. The average Bonchev–Trinajstić information content (AvgIpc) is 2.75. The standard InChI is InChI=1S/C15H19N3OS/c1-11-10-20-14(17-11)18-16-9-12-7-5-6-8-13(12)19-15(2,3)4/h5-10H,1-4H3,(H,17,18). The van der Waals surface area contributed by atoms with Gasteiger partial charge in [-0.1, -0.05) is 12.1 Å². The number of aryl methyl sites for hydroxylation is 1. The second kappa shape index (κ2) is 6.05. The van der Waals surface area contributed by atoms with Gasteiger partial charge in [-0.3, -0.25) is 5.43 Å². The van der Waals surface area contributed by atoms with Gasteiger partial charge in [0.1, 0.15) is 11.4 Å². The molecule has 1 aromatic carbocycles. The molecule has 0 aliphatic heterocycles. The first-order valence-corrected chi connectivity index (χ1v) is 7.31. The Labute approximate surface area is 123 Å². The summed E-state index contributed by atoms with van der Waals surface area (Å²) in [6.45, 7) is 8.03. The Morgan fingerprint density at radius 2 is 2.05 bits per heavy atom. The van der Waals surface area contributed by atoms with Crippen molar-refractivity contribution in [3.8, 4) is 5.75 Å². The second-order valence-electron chi connectivity index (χ2n) is 5.42. The molecule has 0 bridgehead atoms. The number of hydrogen-bond donors (Lipinski definition) is 1. The minimum atomic E-state index is -0.232. The predicted molar refractivity (Wildman–Crippen MR) is 84.9 cm³/mol. The molecule has 0 amide bonds. The number of anilines is 1. The Morgan fingerprint density at radius 1 is 1.30 bits per heavy atom. The SMILES string of the molecule is Cc1csc(NN=Cc2ccccc2OC(C)(C)C)n1. The third kappa shape index (κ3) is 4.35. The van der Waals surface area contributed by atoms with Crippen molar-refractivity contribution in [2.75, 3.05) is 5.43 Å². The van der Waals surface area contributed by atoms with Crippen molar-refractivity contribution < 1.29 is 4.74 Å². The summed E-state index contributed by atoms with van der Waals surface area (Å²) >= 11 is 1.53. The van der Waals surface area contributed by atoms with Crippen molar-refractivity contribution >= 4 is 22.7 Å². The molecule has 1 aromatic heterocycles. The van der Waals surface area contributed by atoms with E-state index in [0.717, 1.165) is 22.1 Å². The maximum Gasteiger partial charge on any atom is 0.203 e. The molecular formula is C15H19N3OS. The molecule has 0 fully saturated rings. The van der Waals surface area contributed by atoms with Crippen LogP contribution in [0.2, 0.25) is 0 Å². The molecule has 106 valence electrons. The number of nitrogens with one attached hydrogen (secondary N) is 1. The van der Waals surface area contributed by atoms with Gasteiger partial charge in [0.15, 0.2) is 0 Å². The summed E-state index contributed by atoms with van der Waals surface area (Å²) in [4.78, 5) is 4.29. The lowest BCUT2D eigenvalue weighted by atomic mass is 10.1. The Hall–Kier alpha value is -1.88. The molecule has 4 nitrogen and oxygen atoms in total. The van der Waals surface area contributed by atoms with Crippen LogP contribution in [-0.4, -0.2) is 16.8 Å². The van der Waals surface area contributed by atoms with Crippen LogP contribution < -0.4 is 10.2 Å². The van der Waals surface area contributed by atoms with Gasteiger partial charge in [-0.05, 0) is 39.8 Å². The van der Waals surface area contributed by atoms with E-state index in [2.05, 4.69) is 15.5 Å². The van der Waals surface area contributed by atoms with Crippen LogP contribution in [0.3, 0.4) is 0 Å². The summed E-state index contributed by atoms with van der Waals surface area (Å²) in [5.74, 6) is 0.820. The van der Waals surface area contributed by atoms with E-state index in [0.29, 0.717) is 0 Å². The first-order valence-electron chi connectivity index (χ1n) is 6.43. The molecule has 0 aliphatic rings. The Bertz CT molecular complexity index is 599. The highest BCUT2D eigenvalue weighted by Crippen LogP contribution is 2.21. The summed E-state index contributed by atoms with van der Waals surface area (Å²) in [7, 11) is 0. The van der Waals surface area contributed by atoms with Gasteiger partial charge < -0.3 is 4.74 Å². The zero-order valence-electron chi connectivity index (χ0n) is 12.2. The topological polar surface area (TPSA) is 46.5 Å². The van der Waals surface area contributed by atoms with Crippen LogP contribution in [0.1, 0.15) is 32.0 Å². The zero-order valence-corrected chi connectivity index (χ0v) is 13.0. The van der Waals surface area contributed by atoms with E-state index in [1.165, 1.54) is 11.3 Å². The number of benzene rings is 1. The normalized spacial score (nSPS) is 11.8. The molecule has 0 saturated heterocycles. The number of para-hydroxylation sites is 1. The van der Waals surface area contributed by atoms with E-state index >= 15 is 0 Å². The Balaban J connectivity index is 2.08. The number of hydrazone groups is 1. The highest BCUT2D eigenvalue weighted by molar-refractivity contribution is 7.13. The minimum absolute atomic E-state index is 0.232. The molecule has 5 heteroatoms. The molecular weight excluding hydrogens is 270 g/mol. The fourth-order valence-corrected chi connectivity index (χ4v) is 2.21. The van der Waals surface area contributed by atoms with Gasteiger partial charge in [0, 0.05) is 10.9 Å². The smallest absolute Gasteiger partial charge is 0.203 e. The number of rotatable bonds is 4. The van der Waals surface area contributed by atoms with Crippen LogP contribution in [0, 0.1) is 6.92 Å². The van der Waals surface area contributed by atoms with Crippen LogP contribution in [0.15, 0.2) is 34.7 Å². The monoisotopic (exact) mass is 289 g/mol. The van der Waals surface area contributed by atoms with E-state index in [-0.39, 0.29) is 5.60 Å². The van der Waals surface area contributed by atoms with Gasteiger partial charge in [0.25, 0.3) is 0 Å². The fraction of sp³-hybridized carbons (Fsp3) is 0.333. The number of hydrogen-bond acceptors (Lipinski definition) is 5. The molecule has 0 atom stereocenters. The molecule has 0 spiro atoms. The lowest BCUT2D eigenvalue weighted by Gasteiger charge is -2.22. The van der Waals surface area contributed by atoms with Gasteiger partial charge >= 0.3 is 0 Å². The quantitative estimate of drug-likeness (QED) is 0.681. The molecule has 20 heavy (non-hydrogen) atoms. The second-order valence-corrected chi connectivity index (χ2v) is 6.27.